The van der Waals surface area contributed by atoms with E-state index in [9.17, 15) is 0 Å². The highest BCUT2D eigenvalue weighted by atomic mass is 32.1. The van der Waals surface area contributed by atoms with Crippen LogP contribution in [0.25, 0.3) is 0 Å². The Labute approximate surface area is 98.5 Å². The second-order valence-corrected chi connectivity index (χ2v) is 4.48. The van der Waals surface area contributed by atoms with Crippen LogP contribution in [0.4, 0.5) is 0 Å². The molecular formula is C11H15N3OS. The summed E-state index contributed by atoms with van der Waals surface area (Å²) >= 11 is 1.64. The zero-order valence-corrected chi connectivity index (χ0v) is 9.96. The molecule has 0 aromatic carbocycles. The standard InChI is InChI=1S/C11H15N3OS/c1-2-10-8(3-5-15-10)9(14-12)7-11-13-4-6-16-11/h3-6,9,14H,2,7,12H2,1H3. The minimum Gasteiger partial charge on any atom is -0.469 e. The van der Waals surface area contributed by atoms with Crippen molar-refractivity contribution in [3.63, 3.8) is 0 Å². The quantitative estimate of drug-likeness (QED) is 0.617. The van der Waals surface area contributed by atoms with E-state index in [4.69, 9.17) is 10.3 Å². The molecule has 2 heterocycles. The molecule has 2 aromatic rings. The van der Waals surface area contributed by atoms with Crippen LogP contribution in [0.2, 0.25) is 0 Å². The molecule has 2 aromatic heterocycles. The fourth-order valence-corrected chi connectivity index (χ4v) is 2.40. The van der Waals surface area contributed by atoms with Crippen LogP contribution in [0.5, 0.6) is 0 Å². The van der Waals surface area contributed by atoms with Crippen molar-refractivity contribution >= 4 is 11.3 Å². The van der Waals surface area contributed by atoms with Crippen LogP contribution >= 0.6 is 11.3 Å². The van der Waals surface area contributed by atoms with Crippen LogP contribution in [-0.2, 0) is 12.8 Å². The van der Waals surface area contributed by atoms with E-state index in [-0.39, 0.29) is 6.04 Å². The summed E-state index contributed by atoms with van der Waals surface area (Å²) in [6.07, 6.45) is 5.18. The van der Waals surface area contributed by atoms with Crippen LogP contribution in [0.1, 0.15) is 29.3 Å². The number of hydrogen-bond donors (Lipinski definition) is 2. The van der Waals surface area contributed by atoms with Gasteiger partial charge in [-0.1, -0.05) is 6.92 Å². The summed E-state index contributed by atoms with van der Waals surface area (Å²) in [7, 11) is 0. The van der Waals surface area contributed by atoms with E-state index in [0.29, 0.717) is 0 Å². The third-order valence-electron chi connectivity index (χ3n) is 2.54. The Morgan fingerprint density at radius 1 is 1.62 bits per heavy atom. The number of rotatable bonds is 5. The molecule has 0 amide bonds. The Morgan fingerprint density at radius 3 is 3.12 bits per heavy atom. The maximum atomic E-state index is 5.59. The topological polar surface area (TPSA) is 64.1 Å². The first-order valence-corrected chi connectivity index (χ1v) is 6.13. The lowest BCUT2D eigenvalue weighted by atomic mass is 10.0. The number of nitrogens with zero attached hydrogens (tertiary/aromatic N) is 1. The molecule has 5 heteroatoms. The van der Waals surface area contributed by atoms with Crippen LogP contribution in [0.15, 0.2) is 28.3 Å². The van der Waals surface area contributed by atoms with Crippen LogP contribution < -0.4 is 11.3 Å². The van der Waals surface area contributed by atoms with Crippen molar-refractivity contribution in [2.75, 3.05) is 0 Å². The van der Waals surface area contributed by atoms with Gasteiger partial charge in [-0.15, -0.1) is 11.3 Å². The smallest absolute Gasteiger partial charge is 0.108 e. The highest BCUT2D eigenvalue weighted by Gasteiger charge is 2.17. The van der Waals surface area contributed by atoms with Crippen molar-refractivity contribution in [3.8, 4) is 0 Å². The molecule has 0 spiro atoms. The molecule has 0 bridgehead atoms. The summed E-state index contributed by atoms with van der Waals surface area (Å²) in [5.41, 5.74) is 3.95. The number of hydrazine groups is 1. The van der Waals surface area contributed by atoms with Gasteiger partial charge in [0.2, 0.25) is 0 Å². The molecule has 0 saturated carbocycles. The third kappa shape index (κ3) is 2.32. The van der Waals surface area contributed by atoms with E-state index < -0.39 is 0 Å². The number of nitrogens with one attached hydrogen (secondary N) is 1. The number of hydrogen-bond acceptors (Lipinski definition) is 5. The van der Waals surface area contributed by atoms with E-state index in [1.54, 1.807) is 17.6 Å². The predicted molar refractivity (Wildman–Crippen MR) is 64.0 cm³/mol. The molecule has 3 N–H and O–H groups in total. The largest absolute Gasteiger partial charge is 0.469 e. The molecule has 0 aliphatic rings. The van der Waals surface area contributed by atoms with Gasteiger partial charge in [-0.05, 0) is 6.07 Å². The molecule has 0 radical (unpaired) electrons. The first-order valence-electron chi connectivity index (χ1n) is 5.26. The molecule has 2 rings (SSSR count). The molecule has 1 atom stereocenters. The van der Waals surface area contributed by atoms with Crippen molar-refractivity contribution in [1.82, 2.24) is 10.4 Å². The average molecular weight is 237 g/mol. The number of aromatic nitrogens is 1. The van der Waals surface area contributed by atoms with Crippen LogP contribution in [0.3, 0.4) is 0 Å². The summed E-state index contributed by atoms with van der Waals surface area (Å²) in [5, 5.41) is 3.05. The molecule has 0 aliphatic heterocycles. The minimum atomic E-state index is 0.0693. The van der Waals surface area contributed by atoms with E-state index in [1.807, 2.05) is 17.6 Å². The maximum Gasteiger partial charge on any atom is 0.108 e. The number of nitrogens with two attached hydrogens (primary N) is 1. The second-order valence-electron chi connectivity index (χ2n) is 3.50. The number of furan rings is 1. The fraction of sp³-hybridized carbons (Fsp3) is 0.364. The molecule has 0 aliphatic carbocycles. The van der Waals surface area contributed by atoms with Gasteiger partial charge in [-0.25, -0.2) is 4.98 Å². The summed E-state index contributed by atoms with van der Waals surface area (Å²) in [6, 6.07) is 2.04. The first kappa shape index (κ1) is 11.3. The monoisotopic (exact) mass is 237 g/mol. The van der Waals surface area contributed by atoms with Crippen molar-refractivity contribution in [3.05, 3.63) is 40.2 Å². The zero-order valence-electron chi connectivity index (χ0n) is 9.14. The summed E-state index contributed by atoms with van der Waals surface area (Å²) < 4.78 is 5.40. The van der Waals surface area contributed by atoms with Gasteiger partial charge in [-0.2, -0.15) is 0 Å². The average Bonchev–Trinajstić information content (AvgIpc) is 2.96. The predicted octanol–water partition coefficient (Wildman–Crippen LogP) is 2.05. The SMILES string of the molecule is CCc1occc1C(Cc1nccs1)NN. The molecule has 0 fully saturated rings. The Balaban J connectivity index is 2.16. The number of aryl methyl sites for hydroxylation is 1. The summed E-state index contributed by atoms with van der Waals surface area (Å²) in [4.78, 5) is 4.26. The normalized spacial score (nSPS) is 12.9. The molecule has 16 heavy (non-hydrogen) atoms. The summed E-state index contributed by atoms with van der Waals surface area (Å²) in [5.74, 6) is 6.58. The lowest BCUT2D eigenvalue weighted by molar-refractivity contribution is 0.487. The molecule has 0 saturated heterocycles. The first-order chi connectivity index (χ1) is 7.85. The van der Waals surface area contributed by atoms with E-state index in [0.717, 1.165) is 29.2 Å². The van der Waals surface area contributed by atoms with E-state index in [2.05, 4.69) is 17.3 Å². The van der Waals surface area contributed by atoms with Crippen molar-refractivity contribution in [1.29, 1.82) is 0 Å². The van der Waals surface area contributed by atoms with Gasteiger partial charge < -0.3 is 4.42 Å². The lowest BCUT2D eigenvalue weighted by Gasteiger charge is -2.14. The van der Waals surface area contributed by atoms with Crippen molar-refractivity contribution in [2.45, 2.75) is 25.8 Å². The molecular weight excluding hydrogens is 222 g/mol. The van der Waals surface area contributed by atoms with E-state index in [1.165, 1.54) is 0 Å². The molecule has 86 valence electrons. The highest BCUT2D eigenvalue weighted by molar-refractivity contribution is 7.09. The van der Waals surface area contributed by atoms with Gasteiger partial charge in [0.05, 0.1) is 17.3 Å². The van der Waals surface area contributed by atoms with Crippen LogP contribution in [0, 0.1) is 0 Å². The maximum absolute atomic E-state index is 5.59. The summed E-state index contributed by atoms with van der Waals surface area (Å²) in [6.45, 7) is 2.07. The fourth-order valence-electron chi connectivity index (χ4n) is 1.74. The molecule has 1 unspecified atom stereocenters. The van der Waals surface area contributed by atoms with Gasteiger partial charge >= 0.3 is 0 Å². The van der Waals surface area contributed by atoms with Gasteiger partial charge in [0.1, 0.15) is 5.76 Å². The zero-order chi connectivity index (χ0) is 11.4. The van der Waals surface area contributed by atoms with E-state index >= 15 is 0 Å². The van der Waals surface area contributed by atoms with Gasteiger partial charge in [0.25, 0.3) is 0 Å². The highest BCUT2D eigenvalue weighted by Crippen LogP contribution is 2.23. The Hall–Kier alpha value is -1.17. The van der Waals surface area contributed by atoms with Gasteiger partial charge in [0, 0.05) is 30.0 Å². The van der Waals surface area contributed by atoms with Gasteiger partial charge in [-0.3, -0.25) is 11.3 Å². The second kappa shape index (κ2) is 5.25. The van der Waals surface area contributed by atoms with Crippen molar-refractivity contribution < 1.29 is 4.42 Å². The minimum absolute atomic E-state index is 0.0693. The third-order valence-corrected chi connectivity index (χ3v) is 3.34. The number of thiazole rings is 1. The van der Waals surface area contributed by atoms with Crippen molar-refractivity contribution in [2.24, 2.45) is 5.84 Å². The lowest BCUT2D eigenvalue weighted by Crippen LogP contribution is -2.29. The Bertz CT molecular complexity index is 424. The Kier molecular flexibility index (Phi) is 3.71. The molecule has 4 nitrogen and oxygen atoms in total. The van der Waals surface area contributed by atoms with Crippen LogP contribution in [-0.4, -0.2) is 4.98 Å². The Morgan fingerprint density at radius 2 is 2.50 bits per heavy atom. The van der Waals surface area contributed by atoms with Gasteiger partial charge in [0.15, 0.2) is 0 Å².